The van der Waals surface area contributed by atoms with Crippen molar-refractivity contribution in [2.45, 2.75) is 12.9 Å². The Kier molecular flexibility index (Phi) is 4.70. The van der Waals surface area contributed by atoms with Crippen molar-refractivity contribution in [1.82, 2.24) is 0 Å². The molecular formula is C11H12Cl2O5S. The van der Waals surface area contributed by atoms with E-state index in [-0.39, 0.29) is 6.61 Å². The van der Waals surface area contributed by atoms with E-state index in [2.05, 4.69) is 0 Å². The molecule has 0 spiro atoms. The number of ether oxygens (including phenoxy) is 2. The number of benzene rings is 1. The molecule has 1 fully saturated rings. The number of rotatable bonds is 4. The Morgan fingerprint density at radius 1 is 1.32 bits per heavy atom. The van der Waals surface area contributed by atoms with Crippen LogP contribution in [0.1, 0.15) is 17.4 Å². The Morgan fingerprint density at radius 3 is 2.53 bits per heavy atom. The summed E-state index contributed by atoms with van der Waals surface area (Å²) in [6.07, 6.45) is 0.406. The third kappa shape index (κ3) is 3.81. The third-order valence-electron chi connectivity index (χ3n) is 2.51. The first-order chi connectivity index (χ1) is 8.88. The Morgan fingerprint density at radius 2 is 1.95 bits per heavy atom. The maximum atomic E-state index is 11.0. The molecule has 1 aromatic rings. The van der Waals surface area contributed by atoms with Crippen LogP contribution in [0.3, 0.4) is 0 Å². The van der Waals surface area contributed by atoms with E-state index in [0.717, 1.165) is 6.26 Å². The van der Waals surface area contributed by atoms with E-state index in [9.17, 15) is 8.42 Å². The summed E-state index contributed by atoms with van der Waals surface area (Å²) in [7, 11) is -3.57. The van der Waals surface area contributed by atoms with E-state index in [1.807, 2.05) is 0 Å². The Balaban J connectivity index is 2.29. The molecular weight excluding hydrogens is 315 g/mol. The van der Waals surface area contributed by atoms with Gasteiger partial charge in [-0.3, -0.25) is 4.18 Å². The highest BCUT2D eigenvalue weighted by Gasteiger charge is 2.23. The molecule has 0 saturated carbocycles. The molecule has 1 heterocycles. The first-order valence-electron chi connectivity index (χ1n) is 5.43. The van der Waals surface area contributed by atoms with Crippen molar-refractivity contribution < 1.29 is 22.1 Å². The molecule has 1 aliphatic rings. The fraction of sp³-hybridized carbons (Fsp3) is 0.455. The number of halogens is 2. The van der Waals surface area contributed by atoms with Crippen molar-refractivity contribution in [2.24, 2.45) is 0 Å². The Bertz CT molecular complexity index is 567. The smallest absolute Gasteiger partial charge is 0.264 e. The van der Waals surface area contributed by atoms with E-state index in [1.54, 1.807) is 12.1 Å². The lowest BCUT2D eigenvalue weighted by Crippen LogP contribution is -2.06. The fourth-order valence-corrected chi connectivity index (χ4v) is 2.53. The van der Waals surface area contributed by atoms with Crippen LogP contribution in [0.25, 0.3) is 0 Å². The van der Waals surface area contributed by atoms with Gasteiger partial charge in [0.1, 0.15) is 0 Å². The predicted molar refractivity (Wildman–Crippen MR) is 70.7 cm³/mol. The highest BCUT2D eigenvalue weighted by atomic mass is 35.5. The maximum absolute atomic E-state index is 11.0. The van der Waals surface area contributed by atoms with Gasteiger partial charge < -0.3 is 9.47 Å². The second-order valence-corrected chi connectivity index (χ2v) is 6.40. The molecule has 8 heteroatoms. The van der Waals surface area contributed by atoms with Gasteiger partial charge in [0.2, 0.25) is 0 Å². The van der Waals surface area contributed by atoms with Gasteiger partial charge in [-0.15, -0.1) is 0 Å². The highest BCUT2D eigenvalue weighted by Crippen LogP contribution is 2.35. The van der Waals surface area contributed by atoms with Crippen molar-refractivity contribution >= 4 is 33.3 Å². The Hall–Kier alpha value is -0.370. The zero-order valence-corrected chi connectivity index (χ0v) is 12.4. The average molecular weight is 327 g/mol. The van der Waals surface area contributed by atoms with Gasteiger partial charge in [-0.25, -0.2) is 0 Å². The molecule has 1 aliphatic heterocycles. The SMILES string of the molecule is CS(=O)(=O)OCc1c(Cl)ccc(C2OCCO2)c1Cl. The molecule has 19 heavy (non-hydrogen) atoms. The van der Waals surface area contributed by atoms with Gasteiger partial charge in [0.05, 0.1) is 31.1 Å². The normalized spacial score (nSPS) is 17.0. The molecule has 0 N–H and O–H groups in total. The lowest BCUT2D eigenvalue weighted by Gasteiger charge is -2.15. The van der Waals surface area contributed by atoms with E-state index in [0.29, 0.717) is 34.4 Å². The lowest BCUT2D eigenvalue weighted by atomic mass is 10.1. The van der Waals surface area contributed by atoms with Crippen LogP contribution in [0.15, 0.2) is 12.1 Å². The minimum Gasteiger partial charge on any atom is -0.346 e. The zero-order chi connectivity index (χ0) is 14.0. The first-order valence-corrected chi connectivity index (χ1v) is 8.00. The van der Waals surface area contributed by atoms with Crippen LogP contribution in [0.5, 0.6) is 0 Å². The van der Waals surface area contributed by atoms with Crippen LogP contribution in [-0.2, 0) is 30.4 Å². The van der Waals surface area contributed by atoms with Crippen molar-refractivity contribution in [3.63, 3.8) is 0 Å². The van der Waals surface area contributed by atoms with Crippen LogP contribution in [0, 0.1) is 0 Å². The van der Waals surface area contributed by atoms with Gasteiger partial charge >= 0.3 is 0 Å². The monoisotopic (exact) mass is 326 g/mol. The lowest BCUT2D eigenvalue weighted by molar-refractivity contribution is -0.0441. The molecule has 1 saturated heterocycles. The number of hydrogen-bond donors (Lipinski definition) is 0. The molecule has 0 aliphatic carbocycles. The van der Waals surface area contributed by atoms with Crippen LogP contribution in [0.4, 0.5) is 0 Å². The van der Waals surface area contributed by atoms with Crippen LogP contribution < -0.4 is 0 Å². The predicted octanol–water partition coefficient (Wildman–Crippen LogP) is 2.52. The van der Waals surface area contributed by atoms with Gasteiger partial charge in [-0.05, 0) is 6.07 Å². The molecule has 2 rings (SSSR count). The topological polar surface area (TPSA) is 61.8 Å². The molecule has 0 radical (unpaired) electrons. The second-order valence-electron chi connectivity index (χ2n) is 3.97. The molecule has 1 aromatic carbocycles. The van der Waals surface area contributed by atoms with Crippen LogP contribution >= 0.6 is 23.2 Å². The summed E-state index contributed by atoms with van der Waals surface area (Å²) in [5, 5.41) is 0.624. The average Bonchev–Trinajstić information content (AvgIpc) is 2.80. The standard InChI is InChI=1S/C11H12Cl2O5S/c1-19(14,15)18-6-8-9(12)3-2-7(10(8)13)11-16-4-5-17-11/h2-3,11H,4-6H2,1H3. The summed E-state index contributed by atoms with van der Waals surface area (Å²) in [5.74, 6) is 0. The second kappa shape index (κ2) is 5.95. The summed E-state index contributed by atoms with van der Waals surface area (Å²) >= 11 is 12.2. The van der Waals surface area contributed by atoms with Gasteiger partial charge in [0.15, 0.2) is 6.29 Å². The van der Waals surface area contributed by atoms with E-state index < -0.39 is 16.4 Å². The zero-order valence-electron chi connectivity index (χ0n) is 10.1. The van der Waals surface area contributed by atoms with Gasteiger partial charge in [-0.2, -0.15) is 8.42 Å². The van der Waals surface area contributed by atoms with Gasteiger partial charge in [0.25, 0.3) is 10.1 Å². The third-order valence-corrected chi connectivity index (χ3v) is 3.86. The van der Waals surface area contributed by atoms with Crippen LogP contribution in [-0.4, -0.2) is 27.9 Å². The summed E-state index contributed by atoms with van der Waals surface area (Å²) in [6.45, 7) is 0.745. The van der Waals surface area contributed by atoms with Crippen molar-refractivity contribution in [3.8, 4) is 0 Å². The minimum absolute atomic E-state index is 0.225. The van der Waals surface area contributed by atoms with Gasteiger partial charge in [0, 0.05) is 16.1 Å². The molecule has 0 atom stereocenters. The largest absolute Gasteiger partial charge is 0.346 e. The minimum atomic E-state index is -3.57. The summed E-state index contributed by atoms with van der Waals surface area (Å²) in [4.78, 5) is 0. The Labute approximate surface area is 121 Å². The molecule has 0 amide bonds. The molecule has 0 aromatic heterocycles. The van der Waals surface area contributed by atoms with Crippen molar-refractivity contribution in [2.75, 3.05) is 19.5 Å². The molecule has 0 unspecified atom stereocenters. The van der Waals surface area contributed by atoms with Crippen molar-refractivity contribution in [1.29, 1.82) is 0 Å². The van der Waals surface area contributed by atoms with E-state index in [1.165, 1.54) is 0 Å². The first kappa shape index (κ1) is 15.0. The molecule has 106 valence electrons. The molecule has 5 nitrogen and oxygen atoms in total. The van der Waals surface area contributed by atoms with E-state index in [4.69, 9.17) is 36.9 Å². The fourth-order valence-electron chi connectivity index (χ4n) is 1.63. The summed E-state index contributed by atoms with van der Waals surface area (Å²) in [5.41, 5.74) is 1.00. The quantitative estimate of drug-likeness (QED) is 0.795. The van der Waals surface area contributed by atoms with Crippen molar-refractivity contribution in [3.05, 3.63) is 33.3 Å². The number of hydrogen-bond acceptors (Lipinski definition) is 5. The summed E-state index contributed by atoms with van der Waals surface area (Å²) in [6, 6.07) is 3.29. The van der Waals surface area contributed by atoms with Gasteiger partial charge in [-0.1, -0.05) is 29.3 Å². The molecule has 0 bridgehead atoms. The van der Waals surface area contributed by atoms with Crippen LogP contribution in [0.2, 0.25) is 10.0 Å². The highest BCUT2D eigenvalue weighted by molar-refractivity contribution is 7.85. The van der Waals surface area contributed by atoms with E-state index >= 15 is 0 Å². The summed E-state index contributed by atoms with van der Waals surface area (Å²) < 4.78 is 37.4. The maximum Gasteiger partial charge on any atom is 0.264 e.